The molecule has 0 aliphatic heterocycles. The molecule has 0 aromatic heterocycles. The van der Waals surface area contributed by atoms with Gasteiger partial charge in [0.25, 0.3) is 5.70 Å². The van der Waals surface area contributed by atoms with Crippen LogP contribution in [0.25, 0.3) is 4.85 Å². The third-order valence-corrected chi connectivity index (χ3v) is 1.66. The van der Waals surface area contributed by atoms with E-state index in [-0.39, 0.29) is 5.70 Å². The van der Waals surface area contributed by atoms with Crippen LogP contribution in [0.15, 0.2) is 10.6 Å². The molecule has 0 bridgehead atoms. The number of hydrogen-bond acceptors (Lipinski definition) is 2. The van der Waals surface area contributed by atoms with E-state index < -0.39 is 0 Å². The summed E-state index contributed by atoms with van der Waals surface area (Å²) in [6, 6.07) is 1.81. The number of nitriles is 1. The van der Waals surface area contributed by atoms with Crippen molar-refractivity contribution in [2.45, 2.75) is 6.92 Å². The quantitative estimate of drug-likeness (QED) is 0.409. The monoisotopic (exact) mass is 138 g/mol. The van der Waals surface area contributed by atoms with E-state index in [0.29, 0.717) is 0 Å². The topological polar surface area (TPSA) is 28.1 Å². The van der Waals surface area contributed by atoms with Gasteiger partial charge in [0.1, 0.15) is 0 Å². The first-order valence-electron chi connectivity index (χ1n) is 2.28. The first kappa shape index (κ1) is 8.07. The average Bonchev–Trinajstić information content (AvgIpc) is 1.90. The van der Waals surface area contributed by atoms with Crippen molar-refractivity contribution in [3.05, 3.63) is 22.0 Å². The van der Waals surface area contributed by atoms with Crippen molar-refractivity contribution < 1.29 is 0 Å². The van der Waals surface area contributed by atoms with Crippen LogP contribution < -0.4 is 0 Å². The van der Waals surface area contributed by atoms with Gasteiger partial charge in [-0.2, -0.15) is 0 Å². The van der Waals surface area contributed by atoms with E-state index in [1.165, 1.54) is 11.8 Å². The zero-order valence-electron chi connectivity index (χ0n) is 5.30. The number of thioether (sulfide) groups is 1. The van der Waals surface area contributed by atoms with Gasteiger partial charge >= 0.3 is 0 Å². The van der Waals surface area contributed by atoms with Crippen molar-refractivity contribution in [3.63, 3.8) is 0 Å². The van der Waals surface area contributed by atoms with Crippen molar-refractivity contribution in [1.82, 2.24) is 0 Å². The minimum atomic E-state index is 0.197. The lowest BCUT2D eigenvalue weighted by Gasteiger charge is -1.89. The molecule has 0 heterocycles. The van der Waals surface area contributed by atoms with E-state index in [0.717, 1.165) is 4.91 Å². The molecule has 0 aliphatic rings. The van der Waals surface area contributed by atoms with Gasteiger partial charge in [-0.05, 0) is 18.1 Å². The minimum Gasteiger partial charge on any atom is -0.226 e. The Morgan fingerprint density at radius 2 is 2.33 bits per heavy atom. The van der Waals surface area contributed by atoms with Gasteiger partial charge in [0.2, 0.25) is 0 Å². The number of allylic oxidation sites excluding steroid dienone is 2. The van der Waals surface area contributed by atoms with Crippen LogP contribution in [-0.4, -0.2) is 6.26 Å². The molecular formula is C6H6N2S. The van der Waals surface area contributed by atoms with E-state index in [1.54, 1.807) is 6.92 Å². The predicted octanol–water partition coefficient (Wildman–Crippen LogP) is 2.02. The molecule has 0 N–H and O–H groups in total. The van der Waals surface area contributed by atoms with E-state index in [4.69, 9.17) is 11.8 Å². The lowest BCUT2D eigenvalue weighted by Crippen LogP contribution is -1.72. The lowest BCUT2D eigenvalue weighted by molar-refractivity contribution is 1.47. The van der Waals surface area contributed by atoms with Gasteiger partial charge < -0.3 is 0 Å². The molecule has 0 amide bonds. The van der Waals surface area contributed by atoms with Gasteiger partial charge in [0.15, 0.2) is 0 Å². The molecule has 0 atom stereocenters. The summed E-state index contributed by atoms with van der Waals surface area (Å²) in [7, 11) is 0. The number of rotatable bonds is 1. The van der Waals surface area contributed by atoms with Gasteiger partial charge in [-0.1, -0.05) is 0 Å². The van der Waals surface area contributed by atoms with Gasteiger partial charge in [0.05, 0.1) is 12.6 Å². The van der Waals surface area contributed by atoms with Gasteiger partial charge in [-0.25, -0.2) is 10.1 Å². The van der Waals surface area contributed by atoms with E-state index >= 15 is 0 Å². The molecule has 0 saturated heterocycles. The summed E-state index contributed by atoms with van der Waals surface area (Å²) in [5.41, 5.74) is 0.197. The van der Waals surface area contributed by atoms with Crippen molar-refractivity contribution in [2.75, 3.05) is 6.26 Å². The second kappa shape index (κ2) is 4.00. The summed E-state index contributed by atoms with van der Waals surface area (Å²) in [6.07, 6.45) is 1.85. The Hall–Kier alpha value is -0.930. The number of nitrogens with zero attached hydrogens (tertiary/aromatic N) is 2. The fourth-order valence-corrected chi connectivity index (χ4v) is 0.564. The van der Waals surface area contributed by atoms with Crippen LogP contribution in [0.3, 0.4) is 0 Å². The molecule has 0 aromatic carbocycles. The zero-order chi connectivity index (χ0) is 7.28. The van der Waals surface area contributed by atoms with E-state index in [1.807, 2.05) is 12.3 Å². The van der Waals surface area contributed by atoms with Crippen LogP contribution in [0, 0.1) is 17.9 Å². The van der Waals surface area contributed by atoms with Crippen LogP contribution in [0.4, 0.5) is 0 Å². The molecule has 0 saturated carbocycles. The molecule has 46 valence electrons. The molecule has 0 aromatic rings. The van der Waals surface area contributed by atoms with Gasteiger partial charge in [-0.3, -0.25) is 0 Å². The Bertz CT molecular complexity index is 188. The van der Waals surface area contributed by atoms with Crippen molar-refractivity contribution in [1.29, 1.82) is 5.26 Å². The largest absolute Gasteiger partial charge is 0.270 e. The van der Waals surface area contributed by atoms with E-state index in [9.17, 15) is 0 Å². The minimum absolute atomic E-state index is 0.197. The van der Waals surface area contributed by atoms with Crippen LogP contribution in [0.1, 0.15) is 6.92 Å². The average molecular weight is 138 g/mol. The van der Waals surface area contributed by atoms with Crippen LogP contribution >= 0.6 is 11.8 Å². The van der Waals surface area contributed by atoms with Crippen molar-refractivity contribution >= 4 is 11.8 Å². The second-order valence-electron chi connectivity index (χ2n) is 1.33. The zero-order valence-corrected chi connectivity index (χ0v) is 6.12. The molecule has 0 radical (unpaired) electrons. The highest BCUT2D eigenvalue weighted by atomic mass is 32.2. The first-order chi connectivity index (χ1) is 4.26. The van der Waals surface area contributed by atoms with Crippen LogP contribution in [-0.2, 0) is 0 Å². The SMILES string of the molecule is [C-]#[N+]/C(C#N)=C(\C)SC. The molecule has 3 heteroatoms. The highest BCUT2D eigenvalue weighted by Gasteiger charge is 1.96. The Labute approximate surface area is 59.0 Å². The van der Waals surface area contributed by atoms with Gasteiger partial charge in [0, 0.05) is 0 Å². The summed E-state index contributed by atoms with van der Waals surface area (Å²) in [6.45, 7) is 8.29. The molecule has 0 spiro atoms. The third kappa shape index (κ3) is 2.21. The fourth-order valence-electron chi connectivity index (χ4n) is 0.279. The molecule has 0 unspecified atom stereocenters. The molecule has 0 aliphatic carbocycles. The summed E-state index contributed by atoms with van der Waals surface area (Å²) in [5, 5.41) is 8.29. The summed E-state index contributed by atoms with van der Waals surface area (Å²) in [5.74, 6) is 0. The lowest BCUT2D eigenvalue weighted by atomic mass is 10.5. The molecular weight excluding hydrogens is 132 g/mol. The normalized spacial score (nSPS) is 11.1. The van der Waals surface area contributed by atoms with Crippen molar-refractivity contribution in [2.24, 2.45) is 0 Å². The van der Waals surface area contributed by atoms with E-state index in [2.05, 4.69) is 4.85 Å². The Morgan fingerprint density at radius 3 is 2.44 bits per heavy atom. The molecule has 2 nitrogen and oxygen atoms in total. The highest BCUT2D eigenvalue weighted by Crippen LogP contribution is 2.15. The Kier molecular flexibility index (Phi) is 3.59. The maximum Gasteiger partial charge on any atom is 0.270 e. The Balaban J connectivity index is 4.49. The number of hydrogen-bond donors (Lipinski definition) is 0. The Morgan fingerprint density at radius 1 is 1.78 bits per heavy atom. The molecule has 0 rings (SSSR count). The van der Waals surface area contributed by atoms with Gasteiger partial charge in [-0.15, -0.1) is 11.8 Å². The van der Waals surface area contributed by atoms with Crippen molar-refractivity contribution in [3.8, 4) is 6.07 Å². The van der Waals surface area contributed by atoms with Crippen LogP contribution in [0.5, 0.6) is 0 Å². The smallest absolute Gasteiger partial charge is 0.226 e. The third-order valence-electron chi connectivity index (χ3n) is 0.857. The predicted molar refractivity (Wildman–Crippen MR) is 38.4 cm³/mol. The summed E-state index contributed by atoms with van der Waals surface area (Å²) >= 11 is 1.43. The molecule has 0 fully saturated rings. The fraction of sp³-hybridized carbons (Fsp3) is 0.333. The molecule has 9 heavy (non-hydrogen) atoms. The summed E-state index contributed by atoms with van der Waals surface area (Å²) in [4.78, 5) is 3.81. The maximum atomic E-state index is 8.29. The first-order valence-corrected chi connectivity index (χ1v) is 3.51. The second-order valence-corrected chi connectivity index (χ2v) is 2.35. The summed E-state index contributed by atoms with van der Waals surface area (Å²) < 4.78 is 0. The van der Waals surface area contributed by atoms with Crippen LogP contribution in [0.2, 0.25) is 0 Å². The standard InChI is InChI=1S/C6H6N2S/c1-5(9-3)6(4-7)8-2/h1,3H3/b6-5+. The maximum absolute atomic E-state index is 8.29. The highest BCUT2D eigenvalue weighted by molar-refractivity contribution is 8.02.